The van der Waals surface area contributed by atoms with E-state index in [4.69, 9.17) is 44.9 Å². The Labute approximate surface area is 574 Å². The maximum absolute atomic E-state index is 10.3. The summed E-state index contributed by atoms with van der Waals surface area (Å²) >= 11 is 0. The Morgan fingerprint density at radius 3 is 0.880 bits per heavy atom. The Kier molecular flexibility index (Phi) is 14.6. The Hall–Kier alpha value is -14.0. The van der Waals surface area contributed by atoms with Gasteiger partial charge in [0.25, 0.3) is 0 Å². The van der Waals surface area contributed by atoms with Crippen LogP contribution >= 0.6 is 0 Å². The zero-order valence-electron chi connectivity index (χ0n) is 53.5. The summed E-state index contributed by atoms with van der Waals surface area (Å²) in [4.78, 5) is 46.9. The zero-order chi connectivity index (χ0) is 66.5. The Morgan fingerprint density at radius 1 is 0.200 bits per heavy atom. The summed E-state index contributed by atoms with van der Waals surface area (Å²) in [5.41, 5.74) is 17.6. The van der Waals surface area contributed by atoms with Crippen molar-refractivity contribution < 1.29 is 0 Å². The van der Waals surface area contributed by atoms with Crippen molar-refractivity contribution in [3.63, 3.8) is 0 Å². The van der Waals surface area contributed by atoms with Crippen molar-refractivity contribution in [3.05, 3.63) is 333 Å². The van der Waals surface area contributed by atoms with Crippen molar-refractivity contribution in [1.82, 2.24) is 54.0 Å². The Balaban J connectivity index is 0.872. The maximum Gasteiger partial charge on any atom is 0.166 e. The van der Waals surface area contributed by atoms with E-state index < -0.39 is 0 Å². The van der Waals surface area contributed by atoms with Crippen molar-refractivity contribution in [3.8, 4) is 142 Å². The van der Waals surface area contributed by atoms with E-state index in [1.54, 1.807) is 0 Å². The average Bonchev–Trinajstić information content (AvgIpc) is 1.53. The number of para-hydroxylation sites is 2. The molecule has 0 bridgehead atoms. The zero-order valence-corrected chi connectivity index (χ0v) is 53.5. The lowest BCUT2D eigenvalue weighted by molar-refractivity contribution is 1.06. The summed E-state index contributed by atoms with van der Waals surface area (Å²) in [5.74, 6) is 5.01. The lowest BCUT2D eigenvalue weighted by Crippen LogP contribution is -2.04. The summed E-state index contributed by atoms with van der Waals surface area (Å²) in [5, 5.41) is 14.4. The van der Waals surface area contributed by atoms with Gasteiger partial charge in [0.2, 0.25) is 0 Å². The van der Waals surface area contributed by atoms with Crippen LogP contribution < -0.4 is 0 Å². The molecule has 0 atom stereocenters. The van der Waals surface area contributed by atoms with Gasteiger partial charge in [0.05, 0.1) is 45.1 Å². The van der Waals surface area contributed by atoms with E-state index >= 15 is 0 Å². The number of benzene rings is 13. The van der Waals surface area contributed by atoms with Gasteiger partial charge in [0.1, 0.15) is 0 Å². The molecule has 12 heteroatoms. The van der Waals surface area contributed by atoms with Crippen LogP contribution in [0.5, 0.6) is 0 Å². The van der Waals surface area contributed by atoms with Crippen LogP contribution in [0.25, 0.3) is 180 Å². The minimum Gasteiger partial charge on any atom is -0.309 e. The highest BCUT2D eigenvalue weighted by molar-refractivity contribution is 6.12. The minimum atomic E-state index is 0.479. The summed E-state index contributed by atoms with van der Waals surface area (Å²) < 4.78 is 4.69. The third-order valence-corrected chi connectivity index (χ3v) is 18.3. The largest absolute Gasteiger partial charge is 0.309 e. The molecule has 0 unspecified atom stereocenters. The van der Waals surface area contributed by atoms with Crippen molar-refractivity contribution >= 4 is 43.6 Å². The van der Waals surface area contributed by atoms with Gasteiger partial charge in [-0.2, -0.15) is 5.26 Å². The molecule has 0 amide bonds. The highest BCUT2D eigenvalue weighted by Crippen LogP contribution is 2.44. The van der Waals surface area contributed by atoms with Gasteiger partial charge in [-0.05, 0) is 102 Å². The van der Waals surface area contributed by atoms with Crippen LogP contribution in [-0.4, -0.2) is 54.0 Å². The lowest BCUT2D eigenvalue weighted by Gasteiger charge is -2.19. The highest BCUT2D eigenvalue weighted by Gasteiger charge is 2.25. The molecule has 0 radical (unpaired) electrons. The van der Waals surface area contributed by atoms with Crippen LogP contribution in [0.4, 0.5) is 0 Å². The predicted molar refractivity (Wildman–Crippen MR) is 400 cm³/mol. The summed E-state index contributed by atoms with van der Waals surface area (Å²) in [6, 6.07) is 114. The monoisotopic (exact) mass is 1280 g/mol. The third kappa shape index (κ3) is 10.7. The second-order valence-corrected chi connectivity index (χ2v) is 24.4. The smallest absolute Gasteiger partial charge is 0.166 e. The molecular formula is C88H54N12. The molecule has 0 aliphatic heterocycles. The predicted octanol–water partition coefficient (Wildman–Crippen LogP) is 20.6. The first-order valence-corrected chi connectivity index (χ1v) is 33.0. The molecule has 0 fully saturated rings. The molecule has 0 spiro atoms. The quantitative estimate of drug-likeness (QED) is 0.109. The second-order valence-electron chi connectivity index (χ2n) is 24.4. The Morgan fingerprint density at radius 2 is 0.490 bits per heavy atom. The number of hydrogen-bond donors (Lipinski definition) is 0. The molecule has 0 N–H and O–H groups in total. The van der Waals surface area contributed by atoms with Crippen LogP contribution in [0.3, 0.4) is 0 Å². The first-order valence-electron chi connectivity index (χ1n) is 33.0. The van der Waals surface area contributed by atoms with E-state index in [0.29, 0.717) is 58.0 Å². The van der Waals surface area contributed by atoms with Crippen molar-refractivity contribution in [2.45, 2.75) is 0 Å². The summed E-state index contributed by atoms with van der Waals surface area (Å²) in [6.07, 6.45) is 0. The number of hydrogen-bond acceptors (Lipinski definition) is 10. The van der Waals surface area contributed by atoms with Crippen LogP contribution in [-0.2, 0) is 0 Å². The number of rotatable bonds is 13. The van der Waals surface area contributed by atoms with Gasteiger partial charge >= 0.3 is 0 Å². The standard InChI is InChI=1S/C88H54N12/c89-55-56-24-23-37-63(50-56)64-42-46-76(99-74-40-21-19-38-68(74)71-53-66(44-48-77(71)99)86-93-80(57-25-7-1-8-26-57)90-81(94-86)58-27-9-2-10-28-58)70(51-64)65-43-47-79(73(52-65)88-97-84(61-33-15-5-16-34-61)92-85(98-88)62-35-17-6-18-36-62)100-75-41-22-20-39-69(75)72-54-67(45-49-78(72)100)87-95-82(59-29-11-3-12-30-59)91-83(96-87)60-31-13-4-14-32-60/h1-54H. The van der Waals surface area contributed by atoms with Gasteiger partial charge in [0.15, 0.2) is 52.4 Å². The molecule has 18 aromatic rings. The van der Waals surface area contributed by atoms with E-state index in [0.717, 1.165) is 127 Å². The molecule has 0 aliphatic rings. The van der Waals surface area contributed by atoms with Crippen molar-refractivity contribution in [2.24, 2.45) is 0 Å². The van der Waals surface area contributed by atoms with Crippen LogP contribution in [0.2, 0.25) is 0 Å². The first-order chi connectivity index (χ1) is 49.5. The second kappa shape index (κ2) is 25.0. The molecule has 466 valence electrons. The van der Waals surface area contributed by atoms with E-state index in [2.05, 4.69) is 143 Å². The number of nitrogens with zero attached hydrogens (tertiary/aromatic N) is 12. The van der Waals surface area contributed by atoms with Gasteiger partial charge in [-0.15, -0.1) is 0 Å². The average molecular weight is 1280 g/mol. The van der Waals surface area contributed by atoms with Gasteiger partial charge in [-0.3, -0.25) is 0 Å². The van der Waals surface area contributed by atoms with E-state index in [1.807, 2.05) is 200 Å². The van der Waals surface area contributed by atoms with Crippen LogP contribution in [0.1, 0.15) is 5.56 Å². The molecule has 13 aromatic carbocycles. The minimum absolute atomic E-state index is 0.479. The normalized spacial score (nSPS) is 11.4. The lowest BCUT2D eigenvalue weighted by atomic mass is 9.94. The molecule has 0 saturated heterocycles. The fourth-order valence-corrected chi connectivity index (χ4v) is 13.5. The highest BCUT2D eigenvalue weighted by atomic mass is 15.1. The third-order valence-electron chi connectivity index (χ3n) is 18.3. The molecule has 5 heterocycles. The fraction of sp³-hybridized carbons (Fsp3) is 0. The first kappa shape index (κ1) is 58.5. The van der Waals surface area contributed by atoms with Crippen molar-refractivity contribution in [2.75, 3.05) is 0 Å². The molecule has 18 rings (SSSR count). The molecule has 5 aromatic heterocycles. The van der Waals surface area contributed by atoms with E-state index in [1.165, 1.54) is 0 Å². The molecular weight excluding hydrogens is 1230 g/mol. The van der Waals surface area contributed by atoms with Crippen molar-refractivity contribution in [1.29, 1.82) is 5.26 Å². The number of fused-ring (bicyclic) bond motifs is 6. The van der Waals surface area contributed by atoms with Gasteiger partial charge in [-0.25, -0.2) is 44.9 Å². The Bertz CT molecular complexity index is 6040. The topological polar surface area (TPSA) is 150 Å². The van der Waals surface area contributed by atoms with Crippen LogP contribution in [0.15, 0.2) is 328 Å². The fourth-order valence-electron chi connectivity index (χ4n) is 13.5. The van der Waals surface area contributed by atoms with Gasteiger partial charge in [0, 0.05) is 77.2 Å². The molecule has 0 saturated carbocycles. The number of nitriles is 1. The van der Waals surface area contributed by atoms with Crippen LogP contribution in [0, 0.1) is 11.3 Å². The summed E-state index contributed by atoms with van der Waals surface area (Å²) in [7, 11) is 0. The van der Waals surface area contributed by atoms with Gasteiger partial charge in [-0.1, -0.05) is 243 Å². The van der Waals surface area contributed by atoms with E-state index in [-0.39, 0.29) is 0 Å². The molecule has 12 nitrogen and oxygen atoms in total. The summed E-state index contributed by atoms with van der Waals surface area (Å²) in [6.45, 7) is 0. The van der Waals surface area contributed by atoms with Gasteiger partial charge < -0.3 is 9.13 Å². The SMILES string of the molecule is N#Cc1cccc(-c2ccc(-n3c4ccccc4c4cc(-c5nc(-c6ccccc6)nc(-c6ccccc6)n5)ccc43)c(-c3ccc(-n4c5ccccc5c5cc(-c6nc(-c7ccccc7)nc(-c7ccccc7)n6)ccc54)c(-c4nc(-c5ccccc5)nc(-c5ccccc5)n4)c3)c2)c1. The molecule has 100 heavy (non-hydrogen) atoms. The van der Waals surface area contributed by atoms with E-state index in [9.17, 15) is 5.26 Å². The maximum atomic E-state index is 10.3. The number of aromatic nitrogens is 11. The molecule has 0 aliphatic carbocycles.